The summed E-state index contributed by atoms with van der Waals surface area (Å²) in [6.07, 6.45) is 1.92. The Kier molecular flexibility index (Phi) is 4.24. The number of nitrogens with one attached hydrogen (secondary N) is 2. The van der Waals surface area contributed by atoms with E-state index in [0.717, 1.165) is 4.31 Å². The standard InChI is InChI=1S/C9H17N5O2S/c1-3-8-12-5-9(13-8)17(15,16)14(4-2)6-7(10)11/h5H,3-4,6H2,1-2H3,(H3,10,11)(H,12,13). The predicted molar refractivity (Wildman–Crippen MR) is 64.3 cm³/mol. The van der Waals surface area contributed by atoms with Gasteiger partial charge in [0.25, 0.3) is 10.0 Å². The van der Waals surface area contributed by atoms with Crippen LogP contribution in [0.15, 0.2) is 11.2 Å². The third-order valence-corrected chi connectivity index (χ3v) is 4.09. The molecule has 0 fully saturated rings. The van der Waals surface area contributed by atoms with E-state index >= 15 is 0 Å². The molecule has 4 N–H and O–H groups in total. The molecule has 1 rings (SSSR count). The second kappa shape index (κ2) is 5.28. The lowest BCUT2D eigenvalue weighted by molar-refractivity contribution is 0.463. The van der Waals surface area contributed by atoms with E-state index in [2.05, 4.69) is 9.97 Å². The molecule has 17 heavy (non-hydrogen) atoms. The monoisotopic (exact) mass is 259 g/mol. The van der Waals surface area contributed by atoms with Crippen LogP contribution in [-0.2, 0) is 16.4 Å². The van der Waals surface area contributed by atoms with Gasteiger partial charge >= 0.3 is 0 Å². The fraction of sp³-hybridized carbons (Fsp3) is 0.556. The van der Waals surface area contributed by atoms with Crippen molar-refractivity contribution in [2.45, 2.75) is 25.3 Å². The average Bonchev–Trinajstić information content (AvgIpc) is 2.74. The molecule has 0 aliphatic heterocycles. The van der Waals surface area contributed by atoms with Crippen molar-refractivity contribution in [1.29, 1.82) is 5.41 Å². The van der Waals surface area contributed by atoms with Crippen LogP contribution in [0.2, 0.25) is 0 Å². The zero-order valence-electron chi connectivity index (χ0n) is 9.90. The largest absolute Gasteiger partial charge is 0.387 e. The maximum absolute atomic E-state index is 12.1. The molecule has 1 aromatic rings. The molecule has 0 aromatic carbocycles. The molecule has 1 heterocycles. The summed E-state index contributed by atoms with van der Waals surface area (Å²) < 4.78 is 25.4. The van der Waals surface area contributed by atoms with E-state index in [1.54, 1.807) is 6.92 Å². The smallest absolute Gasteiger partial charge is 0.260 e. The number of sulfonamides is 1. The minimum Gasteiger partial charge on any atom is -0.387 e. The van der Waals surface area contributed by atoms with Crippen molar-refractivity contribution in [3.05, 3.63) is 12.0 Å². The van der Waals surface area contributed by atoms with Crippen molar-refractivity contribution in [1.82, 2.24) is 14.3 Å². The number of amidine groups is 1. The van der Waals surface area contributed by atoms with Gasteiger partial charge in [-0.3, -0.25) is 5.41 Å². The first-order valence-electron chi connectivity index (χ1n) is 5.28. The second-order valence-electron chi connectivity index (χ2n) is 3.50. The Morgan fingerprint density at radius 2 is 2.24 bits per heavy atom. The fourth-order valence-corrected chi connectivity index (χ4v) is 2.71. The van der Waals surface area contributed by atoms with Crippen LogP contribution in [0.25, 0.3) is 0 Å². The number of nitrogens with two attached hydrogens (primary N) is 1. The lowest BCUT2D eigenvalue weighted by Crippen LogP contribution is -2.38. The Labute approximate surface area is 101 Å². The molecule has 0 bridgehead atoms. The highest BCUT2D eigenvalue weighted by Crippen LogP contribution is 2.13. The molecule has 7 nitrogen and oxygen atoms in total. The van der Waals surface area contributed by atoms with Gasteiger partial charge in [0.1, 0.15) is 11.7 Å². The van der Waals surface area contributed by atoms with Crippen molar-refractivity contribution < 1.29 is 8.42 Å². The van der Waals surface area contributed by atoms with Gasteiger partial charge in [0.2, 0.25) is 0 Å². The van der Waals surface area contributed by atoms with Crippen molar-refractivity contribution in [2.75, 3.05) is 13.1 Å². The maximum Gasteiger partial charge on any atom is 0.260 e. The topological polar surface area (TPSA) is 116 Å². The molecule has 0 saturated carbocycles. The molecule has 0 unspecified atom stereocenters. The Morgan fingerprint density at radius 1 is 1.59 bits per heavy atom. The number of aromatic nitrogens is 2. The first-order valence-corrected chi connectivity index (χ1v) is 6.72. The zero-order chi connectivity index (χ0) is 13.1. The van der Waals surface area contributed by atoms with Gasteiger partial charge in [-0.25, -0.2) is 13.4 Å². The summed E-state index contributed by atoms with van der Waals surface area (Å²) in [6, 6.07) is 0. The lowest BCUT2D eigenvalue weighted by Gasteiger charge is -2.18. The summed E-state index contributed by atoms with van der Waals surface area (Å²) in [5.41, 5.74) is 5.23. The Bertz CT molecular complexity index is 493. The highest BCUT2D eigenvalue weighted by atomic mass is 32.2. The molecule has 96 valence electrons. The molecule has 0 radical (unpaired) electrons. The highest BCUT2D eigenvalue weighted by molar-refractivity contribution is 7.89. The number of imidazole rings is 1. The summed E-state index contributed by atoms with van der Waals surface area (Å²) in [7, 11) is -3.64. The van der Waals surface area contributed by atoms with Crippen LogP contribution in [0.4, 0.5) is 0 Å². The van der Waals surface area contributed by atoms with Gasteiger partial charge in [-0.05, 0) is 0 Å². The molecular weight excluding hydrogens is 242 g/mol. The molecular formula is C9H17N5O2S. The number of hydrogen-bond donors (Lipinski definition) is 3. The predicted octanol–water partition coefficient (Wildman–Crippen LogP) is -0.0813. The number of likely N-dealkylation sites (N-methyl/N-ethyl adjacent to an activating group) is 1. The number of H-pyrrole nitrogens is 1. The quantitative estimate of drug-likeness (QED) is 0.489. The number of rotatable bonds is 6. The number of aromatic amines is 1. The number of aryl methyl sites for hydroxylation is 1. The van der Waals surface area contributed by atoms with Crippen molar-refractivity contribution in [3.63, 3.8) is 0 Å². The van der Waals surface area contributed by atoms with Crippen LogP contribution in [0.3, 0.4) is 0 Å². The van der Waals surface area contributed by atoms with Crippen molar-refractivity contribution in [3.8, 4) is 0 Å². The van der Waals surface area contributed by atoms with Gasteiger partial charge in [0, 0.05) is 13.0 Å². The number of nitrogens with zero attached hydrogens (tertiary/aromatic N) is 2. The van der Waals surface area contributed by atoms with Gasteiger partial charge in [-0.2, -0.15) is 4.31 Å². The van der Waals surface area contributed by atoms with Gasteiger partial charge in [0.15, 0.2) is 5.03 Å². The van der Waals surface area contributed by atoms with Gasteiger partial charge < -0.3 is 10.7 Å². The second-order valence-corrected chi connectivity index (χ2v) is 5.41. The molecule has 0 saturated heterocycles. The molecule has 8 heteroatoms. The summed E-state index contributed by atoms with van der Waals surface area (Å²) in [5, 5.41) is 7.20. The van der Waals surface area contributed by atoms with E-state index in [9.17, 15) is 8.42 Å². The molecule has 0 aliphatic carbocycles. The van der Waals surface area contributed by atoms with E-state index in [4.69, 9.17) is 11.1 Å². The van der Waals surface area contributed by atoms with Gasteiger partial charge in [-0.1, -0.05) is 13.8 Å². The fourth-order valence-electron chi connectivity index (χ4n) is 1.35. The van der Waals surface area contributed by atoms with Crippen molar-refractivity contribution >= 4 is 15.9 Å². The third-order valence-electron chi connectivity index (χ3n) is 2.26. The molecule has 0 atom stereocenters. The lowest BCUT2D eigenvalue weighted by atomic mass is 10.5. The van der Waals surface area contributed by atoms with Crippen LogP contribution in [0.1, 0.15) is 19.7 Å². The Morgan fingerprint density at radius 3 is 2.65 bits per heavy atom. The van der Waals surface area contributed by atoms with Crippen LogP contribution in [0.5, 0.6) is 0 Å². The Hall–Kier alpha value is -1.41. The van der Waals surface area contributed by atoms with Gasteiger partial charge in [0.05, 0.1) is 12.7 Å². The summed E-state index contributed by atoms with van der Waals surface area (Å²) >= 11 is 0. The first-order chi connectivity index (χ1) is 7.91. The van der Waals surface area contributed by atoms with E-state index in [1.807, 2.05) is 6.92 Å². The summed E-state index contributed by atoms with van der Waals surface area (Å²) in [6.45, 7) is 3.71. The maximum atomic E-state index is 12.1. The van der Waals surface area contributed by atoms with E-state index in [-0.39, 0.29) is 24.0 Å². The highest BCUT2D eigenvalue weighted by Gasteiger charge is 2.25. The van der Waals surface area contributed by atoms with Gasteiger partial charge in [-0.15, -0.1) is 0 Å². The van der Waals surface area contributed by atoms with E-state index < -0.39 is 10.0 Å². The SMILES string of the molecule is CCc1ncc(S(=O)(=O)N(CC)CC(=N)N)[nH]1. The van der Waals surface area contributed by atoms with E-state index in [1.165, 1.54) is 6.20 Å². The summed E-state index contributed by atoms with van der Waals surface area (Å²) in [4.78, 5) is 6.69. The molecule has 1 aromatic heterocycles. The first kappa shape index (κ1) is 13.7. The van der Waals surface area contributed by atoms with Crippen molar-refractivity contribution in [2.24, 2.45) is 5.73 Å². The Balaban J connectivity index is 3.03. The minimum absolute atomic E-state index is 0.0393. The van der Waals surface area contributed by atoms with E-state index in [0.29, 0.717) is 12.2 Å². The number of hydrogen-bond acceptors (Lipinski definition) is 4. The summed E-state index contributed by atoms with van der Waals surface area (Å²) in [5.74, 6) is 0.424. The minimum atomic E-state index is -3.64. The molecule has 0 aliphatic rings. The van der Waals surface area contributed by atoms with Crippen LogP contribution < -0.4 is 5.73 Å². The normalized spacial score (nSPS) is 11.9. The average molecular weight is 259 g/mol. The van der Waals surface area contributed by atoms with Crippen LogP contribution in [-0.4, -0.2) is 41.6 Å². The van der Waals surface area contributed by atoms with Crippen LogP contribution in [0, 0.1) is 5.41 Å². The molecule has 0 amide bonds. The zero-order valence-corrected chi connectivity index (χ0v) is 10.7. The third kappa shape index (κ3) is 3.04. The molecule has 0 spiro atoms. The van der Waals surface area contributed by atoms with Crippen LogP contribution >= 0.6 is 0 Å².